The molecule has 0 spiro atoms. The molecule has 0 amide bonds. The first-order chi connectivity index (χ1) is 5.98. The highest BCUT2D eigenvalue weighted by Crippen LogP contribution is 2.52. The van der Waals surface area contributed by atoms with Crippen molar-refractivity contribution in [2.45, 2.75) is 25.9 Å². The van der Waals surface area contributed by atoms with Gasteiger partial charge in [0.25, 0.3) is 0 Å². The molecule has 0 N–H and O–H groups in total. The third kappa shape index (κ3) is 1.77. The van der Waals surface area contributed by atoms with E-state index in [4.69, 9.17) is 0 Å². The lowest BCUT2D eigenvalue weighted by Gasteiger charge is -2.09. The van der Waals surface area contributed by atoms with Crippen LogP contribution in [0.3, 0.4) is 0 Å². The second-order valence-electron chi connectivity index (χ2n) is 3.45. The van der Waals surface area contributed by atoms with E-state index in [0.29, 0.717) is 0 Å². The van der Waals surface area contributed by atoms with E-state index in [1.165, 1.54) is 22.7 Å². The van der Waals surface area contributed by atoms with Gasteiger partial charge < -0.3 is 0 Å². The van der Waals surface area contributed by atoms with Crippen LogP contribution < -0.4 is 0 Å². The summed E-state index contributed by atoms with van der Waals surface area (Å²) in [6.45, 7) is 1.90. The molecule has 0 aromatic carbocycles. The maximum Gasteiger partial charge on any atom is 0.413 e. The van der Waals surface area contributed by atoms with Crippen LogP contribution in [0.15, 0.2) is 21.5 Å². The molecular weight excluding hydrogens is 197 g/mol. The minimum atomic E-state index is -4.13. The van der Waals surface area contributed by atoms with Crippen LogP contribution in [0.2, 0.25) is 0 Å². The molecule has 1 saturated carbocycles. The van der Waals surface area contributed by atoms with Gasteiger partial charge in [0.1, 0.15) is 0 Å². The molecule has 0 aromatic heterocycles. The van der Waals surface area contributed by atoms with Crippen LogP contribution in [-0.2, 0) is 0 Å². The Hall–Kier alpha value is -0.380. The maximum absolute atomic E-state index is 12.3. The van der Waals surface area contributed by atoms with Gasteiger partial charge in [0, 0.05) is 5.57 Å². The van der Waals surface area contributed by atoms with E-state index in [2.05, 4.69) is 0 Å². The smallest absolute Gasteiger partial charge is 0.166 e. The van der Waals surface area contributed by atoms with E-state index in [0.717, 1.165) is 11.3 Å². The van der Waals surface area contributed by atoms with E-state index in [1.54, 1.807) is 0 Å². The van der Waals surface area contributed by atoms with E-state index >= 15 is 0 Å². The molecule has 1 heterocycles. The van der Waals surface area contributed by atoms with Crippen LogP contribution in [0.4, 0.5) is 13.2 Å². The molecule has 1 atom stereocenters. The van der Waals surface area contributed by atoms with Gasteiger partial charge in [-0.1, -0.05) is 5.57 Å². The highest BCUT2D eigenvalue weighted by molar-refractivity contribution is 8.05. The van der Waals surface area contributed by atoms with Crippen LogP contribution >= 0.6 is 11.8 Å². The summed E-state index contributed by atoms with van der Waals surface area (Å²) in [4.78, 5) is 1.06. The van der Waals surface area contributed by atoms with Gasteiger partial charge in [-0.05, 0) is 36.0 Å². The summed E-state index contributed by atoms with van der Waals surface area (Å²) >= 11 is 1.22. The lowest BCUT2D eigenvalue weighted by molar-refractivity contribution is -0.0941. The molecule has 1 aliphatic carbocycles. The Balaban J connectivity index is 2.19. The number of rotatable bonds is 0. The summed E-state index contributed by atoms with van der Waals surface area (Å²) in [7, 11) is 0. The summed E-state index contributed by atoms with van der Waals surface area (Å²) in [6, 6.07) is 0. The van der Waals surface area contributed by atoms with Crippen molar-refractivity contribution in [3.05, 3.63) is 21.5 Å². The summed E-state index contributed by atoms with van der Waals surface area (Å²) in [6.07, 6.45) is -3.08. The number of hydrogen-bond acceptors (Lipinski definition) is 1. The maximum atomic E-state index is 12.3. The third-order valence-corrected chi connectivity index (χ3v) is 3.48. The fourth-order valence-electron chi connectivity index (χ4n) is 1.56. The van der Waals surface area contributed by atoms with Gasteiger partial charge in [0.15, 0.2) is 0 Å². The number of thioether (sulfide) groups is 1. The lowest BCUT2D eigenvalue weighted by Crippen LogP contribution is -2.11. The Morgan fingerprint density at radius 3 is 2.69 bits per heavy atom. The SMILES string of the molecule is CC1=C2CC2CC(C(F)(F)F)=CS1. The first-order valence-electron chi connectivity index (χ1n) is 4.11. The van der Waals surface area contributed by atoms with Crippen molar-refractivity contribution in [2.75, 3.05) is 0 Å². The quantitative estimate of drug-likeness (QED) is 0.580. The zero-order valence-electron chi connectivity index (χ0n) is 7.11. The molecule has 0 aromatic rings. The van der Waals surface area contributed by atoms with Gasteiger partial charge in [0.2, 0.25) is 0 Å². The zero-order valence-corrected chi connectivity index (χ0v) is 7.93. The standard InChI is InChI=1S/C9H9F3S/c1-5-8-3-6(8)2-7(4-13-5)9(10,11)12/h4,6H,2-3H2,1H3. The molecule has 13 heavy (non-hydrogen) atoms. The van der Waals surface area contributed by atoms with Gasteiger partial charge in [-0.15, -0.1) is 11.8 Å². The van der Waals surface area contributed by atoms with Crippen molar-refractivity contribution in [3.63, 3.8) is 0 Å². The van der Waals surface area contributed by atoms with Gasteiger partial charge in [-0.3, -0.25) is 0 Å². The van der Waals surface area contributed by atoms with Crippen molar-refractivity contribution in [1.29, 1.82) is 0 Å². The molecule has 0 bridgehead atoms. The number of halogens is 3. The normalized spacial score (nSPS) is 28.0. The minimum absolute atomic E-state index is 0.183. The van der Waals surface area contributed by atoms with Crippen LogP contribution in [0.25, 0.3) is 0 Å². The summed E-state index contributed by atoms with van der Waals surface area (Å²) < 4.78 is 37.0. The largest absolute Gasteiger partial charge is 0.413 e. The van der Waals surface area contributed by atoms with Crippen molar-refractivity contribution < 1.29 is 13.2 Å². The Morgan fingerprint density at radius 2 is 2.08 bits per heavy atom. The minimum Gasteiger partial charge on any atom is -0.166 e. The van der Waals surface area contributed by atoms with Gasteiger partial charge in [-0.2, -0.15) is 13.2 Å². The molecule has 0 radical (unpaired) electrons. The number of fused-ring (bicyclic) bond motifs is 1. The van der Waals surface area contributed by atoms with E-state index < -0.39 is 6.18 Å². The molecule has 2 rings (SSSR count). The second-order valence-corrected chi connectivity index (χ2v) is 4.53. The zero-order chi connectivity index (χ0) is 9.64. The molecular formula is C9H9F3S. The molecule has 72 valence electrons. The average molecular weight is 206 g/mol. The van der Waals surface area contributed by atoms with Crippen LogP contribution in [-0.4, -0.2) is 6.18 Å². The molecule has 0 saturated heterocycles. The Morgan fingerprint density at radius 1 is 1.38 bits per heavy atom. The van der Waals surface area contributed by atoms with Crippen molar-refractivity contribution in [3.8, 4) is 0 Å². The van der Waals surface area contributed by atoms with Crippen LogP contribution in [0, 0.1) is 5.92 Å². The predicted molar refractivity (Wildman–Crippen MR) is 47.2 cm³/mol. The lowest BCUT2D eigenvalue weighted by atomic mass is 10.1. The van der Waals surface area contributed by atoms with Crippen molar-refractivity contribution >= 4 is 11.8 Å². The molecule has 4 heteroatoms. The highest BCUT2D eigenvalue weighted by atomic mass is 32.2. The number of alkyl halides is 3. The monoisotopic (exact) mass is 206 g/mol. The third-order valence-electron chi connectivity index (χ3n) is 2.46. The fraction of sp³-hybridized carbons (Fsp3) is 0.556. The first-order valence-corrected chi connectivity index (χ1v) is 4.99. The summed E-state index contributed by atoms with van der Waals surface area (Å²) in [5, 5.41) is 1.26. The summed E-state index contributed by atoms with van der Waals surface area (Å²) in [5.74, 6) is 0.183. The van der Waals surface area contributed by atoms with Crippen molar-refractivity contribution in [1.82, 2.24) is 0 Å². The predicted octanol–water partition coefficient (Wildman–Crippen LogP) is 3.86. The Bertz CT molecular complexity index is 298. The van der Waals surface area contributed by atoms with Gasteiger partial charge in [-0.25, -0.2) is 0 Å². The molecule has 1 unspecified atom stereocenters. The molecule has 2 aliphatic rings. The van der Waals surface area contributed by atoms with Gasteiger partial charge >= 0.3 is 6.18 Å². The Kier molecular flexibility index (Phi) is 1.98. The van der Waals surface area contributed by atoms with E-state index in [-0.39, 0.29) is 17.9 Å². The Labute approximate surface area is 78.9 Å². The summed E-state index contributed by atoms with van der Waals surface area (Å²) in [5.41, 5.74) is 0.856. The molecule has 1 aliphatic heterocycles. The van der Waals surface area contributed by atoms with E-state index in [9.17, 15) is 13.2 Å². The second kappa shape index (κ2) is 2.80. The average Bonchev–Trinajstić information content (AvgIpc) is 2.71. The van der Waals surface area contributed by atoms with Crippen LogP contribution in [0.1, 0.15) is 19.8 Å². The van der Waals surface area contributed by atoms with E-state index in [1.807, 2.05) is 6.92 Å². The molecule has 0 nitrogen and oxygen atoms in total. The first kappa shape index (κ1) is 9.19. The highest BCUT2D eigenvalue weighted by Gasteiger charge is 2.42. The van der Waals surface area contributed by atoms with Crippen LogP contribution in [0.5, 0.6) is 0 Å². The number of hydrogen-bond donors (Lipinski definition) is 0. The topological polar surface area (TPSA) is 0 Å². The van der Waals surface area contributed by atoms with Crippen molar-refractivity contribution in [2.24, 2.45) is 5.92 Å². The fourth-order valence-corrected chi connectivity index (χ4v) is 2.51. The number of allylic oxidation sites excluding steroid dienone is 3. The van der Waals surface area contributed by atoms with Gasteiger partial charge in [0.05, 0.1) is 0 Å². The molecule has 1 fully saturated rings.